The Balaban J connectivity index is 1.78. The lowest BCUT2D eigenvalue weighted by atomic mass is 9.96. The van der Waals surface area contributed by atoms with Crippen molar-refractivity contribution in [1.29, 1.82) is 0 Å². The summed E-state index contributed by atoms with van der Waals surface area (Å²) in [5, 5.41) is 10.0. The summed E-state index contributed by atoms with van der Waals surface area (Å²) in [5.74, 6) is 1.53. The number of imidazole rings is 1. The molecular weight excluding hydrogens is 262 g/mol. The third-order valence-corrected chi connectivity index (χ3v) is 4.16. The Kier molecular flexibility index (Phi) is 3.76. The van der Waals surface area contributed by atoms with Crippen LogP contribution in [0.25, 0.3) is 11.0 Å². The van der Waals surface area contributed by atoms with Crippen LogP contribution in [0.15, 0.2) is 18.2 Å². The fourth-order valence-corrected chi connectivity index (χ4v) is 3.31. The molecule has 1 unspecified atom stereocenters. The van der Waals surface area contributed by atoms with Gasteiger partial charge in [-0.25, -0.2) is 4.98 Å². The third-order valence-electron chi connectivity index (χ3n) is 4.16. The molecule has 0 bridgehead atoms. The van der Waals surface area contributed by atoms with Gasteiger partial charge in [-0.05, 0) is 57.9 Å². The van der Waals surface area contributed by atoms with Gasteiger partial charge in [-0.3, -0.25) is 4.90 Å². The number of nitrogens with one attached hydrogen (secondary N) is 1. The van der Waals surface area contributed by atoms with Crippen molar-refractivity contribution in [2.75, 3.05) is 19.6 Å². The summed E-state index contributed by atoms with van der Waals surface area (Å²) in [6.07, 6.45) is 2.33. The third kappa shape index (κ3) is 3.44. The van der Waals surface area contributed by atoms with Crippen molar-refractivity contribution in [2.24, 2.45) is 0 Å². The van der Waals surface area contributed by atoms with Crippen LogP contribution < -0.4 is 0 Å². The molecule has 0 radical (unpaired) electrons. The average molecular weight is 287 g/mol. The van der Waals surface area contributed by atoms with Crippen LogP contribution in [0.4, 0.5) is 0 Å². The van der Waals surface area contributed by atoms with Gasteiger partial charge in [0.05, 0.1) is 16.6 Å². The van der Waals surface area contributed by atoms with Crippen LogP contribution in [-0.4, -0.2) is 45.2 Å². The number of benzene rings is 1. The number of hydrogen-bond donors (Lipinski definition) is 2. The molecule has 3 rings (SSSR count). The summed E-state index contributed by atoms with van der Waals surface area (Å²) < 4.78 is 0. The van der Waals surface area contributed by atoms with Crippen LogP contribution >= 0.6 is 0 Å². The van der Waals surface area contributed by atoms with Crippen molar-refractivity contribution in [3.8, 4) is 0 Å². The van der Waals surface area contributed by atoms with Gasteiger partial charge >= 0.3 is 0 Å². The van der Waals surface area contributed by atoms with Crippen LogP contribution in [0.5, 0.6) is 0 Å². The number of aliphatic hydroxyl groups is 1. The molecule has 1 aliphatic rings. The van der Waals surface area contributed by atoms with E-state index in [1.807, 2.05) is 13.8 Å². The lowest BCUT2D eigenvalue weighted by Gasteiger charge is -2.35. The van der Waals surface area contributed by atoms with Crippen LogP contribution in [0, 0.1) is 6.92 Å². The van der Waals surface area contributed by atoms with E-state index in [2.05, 4.69) is 35.0 Å². The summed E-state index contributed by atoms with van der Waals surface area (Å²) in [4.78, 5) is 10.6. The maximum absolute atomic E-state index is 10.0. The molecule has 0 saturated carbocycles. The van der Waals surface area contributed by atoms with Crippen LogP contribution in [0.1, 0.15) is 44.0 Å². The minimum atomic E-state index is -0.632. The molecule has 2 N–H and O–H groups in total. The number of rotatable bonds is 3. The Bertz CT molecular complexity index is 626. The van der Waals surface area contributed by atoms with Gasteiger partial charge in [0.1, 0.15) is 5.82 Å². The molecule has 1 aromatic heterocycles. The van der Waals surface area contributed by atoms with Crippen molar-refractivity contribution in [3.05, 3.63) is 29.6 Å². The zero-order valence-corrected chi connectivity index (χ0v) is 13.2. The van der Waals surface area contributed by atoms with Gasteiger partial charge in [0.2, 0.25) is 0 Å². The molecule has 1 fully saturated rings. The molecule has 4 nitrogen and oxygen atoms in total. The first-order valence-electron chi connectivity index (χ1n) is 7.82. The minimum absolute atomic E-state index is 0.439. The lowest BCUT2D eigenvalue weighted by Crippen LogP contribution is -2.43. The lowest BCUT2D eigenvalue weighted by molar-refractivity contribution is 0.0267. The largest absolute Gasteiger partial charge is 0.389 e. The Morgan fingerprint density at radius 2 is 2.24 bits per heavy atom. The first-order chi connectivity index (χ1) is 9.90. The number of aromatic nitrogens is 2. The number of fused-ring (bicyclic) bond motifs is 1. The molecular formula is C17H25N3O. The summed E-state index contributed by atoms with van der Waals surface area (Å²) in [6.45, 7) is 8.62. The molecule has 1 aromatic carbocycles. The van der Waals surface area contributed by atoms with Crippen LogP contribution in [-0.2, 0) is 0 Å². The van der Waals surface area contributed by atoms with E-state index in [0.29, 0.717) is 5.92 Å². The maximum atomic E-state index is 10.0. The number of hydrogen-bond acceptors (Lipinski definition) is 3. The molecule has 114 valence electrons. The fourth-order valence-electron chi connectivity index (χ4n) is 3.31. The summed E-state index contributed by atoms with van der Waals surface area (Å²) >= 11 is 0. The van der Waals surface area contributed by atoms with Gasteiger partial charge in [0.15, 0.2) is 0 Å². The quantitative estimate of drug-likeness (QED) is 0.912. The highest BCUT2D eigenvalue weighted by Gasteiger charge is 2.27. The number of aryl methyl sites for hydroxylation is 1. The number of H-pyrrole nitrogens is 1. The van der Waals surface area contributed by atoms with E-state index < -0.39 is 5.60 Å². The summed E-state index contributed by atoms with van der Waals surface area (Å²) in [5.41, 5.74) is 2.80. The van der Waals surface area contributed by atoms with Crippen molar-refractivity contribution < 1.29 is 5.11 Å². The molecule has 4 heteroatoms. The van der Waals surface area contributed by atoms with Gasteiger partial charge in [-0.1, -0.05) is 6.07 Å². The zero-order valence-electron chi connectivity index (χ0n) is 13.2. The SMILES string of the molecule is Cc1ccc2nc(C3CCCN(CC(C)(C)O)C3)[nH]c2c1. The highest BCUT2D eigenvalue weighted by atomic mass is 16.3. The number of likely N-dealkylation sites (tertiary alicyclic amines) is 1. The first-order valence-corrected chi connectivity index (χ1v) is 7.82. The van der Waals surface area contributed by atoms with Gasteiger partial charge in [-0.15, -0.1) is 0 Å². The molecule has 1 saturated heterocycles. The van der Waals surface area contributed by atoms with Crippen molar-refractivity contribution in [3.63, 3.8) is 0 Å². The standard InChI is InChI=1S/C17H25N3O/c1-12-6-7-14-15(9-12)19-16(18-14)13-5-4-8-20(10-13)11-17(2,3)21/h6-7,9,13,21H,4-5,8,10-11H2,1-3H3,(H,18,19). The molecule has 0 aliphatic carbocycles. The summed E-state index contributed by atoms with van der Waals surface area (Å²) in [7, 11) is 0. The normalized spacial score (nSPS) is 21.0. The van der Waals surface area contributed by atoms with Crippen LogP contribution in [0.3, 0.4) is 0 Å². The maximum Gasteiger partial charge on any atom is 0.111 e. The van der Waals surface area contributed by atoms with Crippen molar-refractivity contribution in [2.45, 2.75) is 45.1 Å². The van der Waals surface area contributed by atoms with E-state index in [0.717, 1.165) is 42.9 Å². The number of β-amino-alcohol motifs (C(OH)–C–C–N with tert-alkyl or cyclic N) is 1. The zero-order chi connectivity index (χ0) is 15.0. The molecule has 1 atom stereocenters. The van der Waals surface area contributed by atoms with Gasteiger partial charge in [0.25, 0.3) is 0 Å². The Morgan fingerprint density at radius 1 is 1.43 bits per heavy atom. The number of nitrogens with zero attached hydrogens (tertiary/aromatic N) is 2. The first kappa shape index (κ1) is 14.5. The minimum Gasteiger partial charge on any atom is -0.389 e. The number of piperidine rings is 1. The predicted molar refractivity (Wildman–Crippen MR) is 85.5 cm³/mol. The topological polar surface area (TPSA) is 52.1 Å². The Morgan fingerprint density at radius 3 is 3.00 bits per heavy atom. The smallest absolute Gasteiger partial charge is 0.111 e. The monoisotopic (exact) mass is 287 g/mol. The molecule has 2 aromatic rings. The highest BCUT2D eigenvalue weighted by molar-refractivity contribution is 5.75. The molecule has 2 heterocycles. The summed E-state index contributed by atoms with van der Waals surface area (Å²) in [6, 6.07) is 6.35. The second-order valence-corrected chi connectivity index (χ2v) is 7.03. The average Bonchev–Trinajstić information content (AvgIpc) is 2.80. The second kappa shape index (κ2) is 5.43. The molecule has 21 heavy (non-hydrogen) atoms. The molecule has 1 aliphatic heterocycles. The molecule has 0 amide bonds. The number of aromatic amines is 1. The van der Waals surface area contributed by atoms with E-state index in [1.54, 1.807) is 0 Å². The second-order valence-electron chi connectivity index (χ2n) is 7.03. The Hall–Kier alpha value is -1.39. The van der Waals surface area contributed by atoms with E-state index in [-0.39, 0.29) is 0 Å². The van der Waals surface area contributed by atoms with E-state index >= 15 is 0 Å². The van der Waals surface area contributed by atoms with E-state index in [9.17, 15) is 5.11 Å². The Labute approximate surface area is 126 Å². The van der Waals surface area contributed by atoms with Crippen LogP contribution in [0.2, 0.25) is 0 Å². The fraction of sp³-hybridized carbons (Fsp3) is 0.588. The molecule has 0 spiro atoms. The highest BCUT2D eigenvalue weighted by Crippen LogP contribution is 2.27. The van der Waals surface area contributed by atoms with Gasteiger partial charge in [0, 0.05) is 19.0 Å². The van der Waals surface area contributed by atoms with Crippen molar-refractivity contribution >= 4 is 11.0 Å². The van der Waals surface area contributed by atoms with E-state index in [4.69, 9.17) is 4.98 Å². The van der Waals surface area contributed by atoms with Gasteiger partial charge < -0.3 is 10.1 Å². The van der Waals surface area contributed by atoms with Gasteiger partial charge in [-0.2, -0.15) is 0 Å². The predicted octanol–water partition coefficient (Wildman–Crippen LogP) is 2.82. The van der Waals surface area contributed by atoms with Crippen molar-refractivity contribution in [1.82, 2.24) is 14.9 Å². The van der Waals surface area contributed by atoms with E-state index in [1.165, 1.54) is 12.0 Å².